The van der Waals surface area contributed by atoms with Crippen molar-refractivity contribution >= 4 is 17.8 Å². The largest absolute Gasteiger partial charge is 0.455 e. The minimum atomic E-state index is -2.19. The molecule has 14 atom stereocenters. The smallest absolute Gasteiger partial charge is 0.338 e. The fourth-order valence-electron chi connectivity index (χ4n) is 12.0. The van der Waals surface area contributed by atoms with Gasteiger partial charge < -0.3 is 49.0 Å². The van der Waals surface area contributed by atoms with Gasteiger partial charge in [0.1, 0.15) is 23.9 Å². The molecule has 5 saturated carbocycles. The number of piperidine rings is 1. The minimum absolute atomic E-state index is 0.163. The van der Waals surface area contributed by atoms with Gasteiger partial charge in [-0.05, 0) is 25.0 Å². The van der Waals surface area contributed by atoms with Crippen LogP contribution >= 0.6 is 0 Å². The molecule has 252 valence electrons. The summed E-state index contributed by atoms with van der Waals surface area (Å²) in [5, 5.41) is 50.9. The number of ether oxygens (including phenoxy) is 5. The average Bonchev–Trinajstić information content (AvgIpc) is 3.36. The van der Waals surface area contributed by atoms with Crippen molar-refractivity contribution in [2.75, 3.05) is 34.5 Å². The quantitative estimate of drug-likeness (QED) is 0.284. The number of hydrogen-bond donors (Lipinski definition) is 4. The van der Waals surface area contributed by atoms with E-state index in [9.17, 15) is 34.8 Å². The predicted octanol–water partition coefficient (Wildman–Crippen LogP) is -0.335. The standard InChI is InChI=1S/C33H43NO12/c1-16(35)34-14-29(15-42-3)12-11-19(37)32-22(29)21(43-4)20(24(32)34)33(46-17(2)36)23-26(45-28(39)18-9-7-6-8-10-18)30(40,13-31(23,32)41)27(44-5)25(33)38/h6-10,19-27,37-38,40-41H,11-15H2,1-5H3/t19?,20-,21?,22+,23-,24+,25?,26?,27?,29-,30-,31-,32+,33-/m0/s1. The number of rotatable bonds is 7. The molecule has 46 heavy (non-hydrogen) atoms. The van der Waals surface area contributed by atoms with Crippen LogP contribution in [0.15, 0.2) is 30.3 Å². The highest BCUT2D eigenvalue weighted by Gasteiger charge is 2.96. The Kier molecular flexibility index (Phi) is 7.06. The van der Waals surface area contributed by atoms with Gasteiger partial charge in [0, 0.05) is 65.4 Å². The molecule has 13 heteroatoms. The van der Waals surface area contributed by atoms with Crippen molar-refractivity contribution < 1.29 is 58.5 Å². The Morgan fingerprint density at radius 2 is 1.67 bits per heavy atom. The molecule has 4 N–H and O–H groups in total. The van der Waals surface area contributed by atoms with E-state index in [2.05, 4.69) is 0 Å². The maximum atomic E-state index is 13.7. The molecule has 5 unspecified atom stereocenters. The van der Waals surface area contributed by atoms with Gasteiger partial charge in [-0.2, -0.15) is 0 Å². The summed E-state index contributed by atoms with van der Waals surface area (Å²) in [7, 11) is 4.29. The summed E-state index contributed by atoms with van der Waals surface area (Å²) in [5.41, 5.74) is -8.69. The monoisotopic (exact) mass is 645 g/mol. The zero-order valence-corrected chi connectivity index (χ0v) is 26.6. The van der Waals surface area contributed by atoms with Crippen molar-refractivity contribution in [3.05, 3.63) is 35.9 Å². The van der Waals surface area contributed by atoms with Crippen LogP contribution in [0.2, 0.25) is 0 Å². The molecule has 5 aliphatic carbocycles. The van der Waals surface area contributed by atoms with E-state index in [0.717, 1.165) is 0 Å². The van der Waals surface area contributed by atoms with Crippen molar-refractivity contribution in [1.82, 2.24) is 4.90 Å². The first-order valence-electron chi connectivity index (χ1n) is 15.8. The van der Waals surface area contributed by atoms with Crippen LogP contribution in [0.25, 0.3) is 0 Å². The average molecular weight is 646 g/mol. The third-order valence-electron chi connectivity index (χ3n) is 12.8. The van der Waals surface area contributed by atoms with Gasteiger partial charge in [-0.1, -0.05) is 18.2 Å². The summed E-state index contributed by atoms with van der Waals surface area (Å²) in [5.74, 6) is -5.13. The van der Waals surface area contributed by atoms with Crippen molar-refractivity contribution in [1.29, 1.82) is 0 Å². The lowest BCUT2D eigenvalue weighted by Gasteiger charge is -2.71. The first-order valence-corrected chi connectivity index (χ1v) is 15.8. The van der Waals surface area contributed by atoms with Crippen molar-refractivity contribution in [3.8, 4) is 0 Å². The van der Waals surface area contributed by atoms with E-state index in [1.54, 1.807) is 42.3 Å². The van der Waals surface area contributed by atoms with Crippen LogP contribution in [0.3, 0.4) is 0 Å². The normalized spacial score (nSPS) is 49.4. The Hall–Kier alpha value is -2.65. The Bertz CT molecular complexity index is 1440. The maximum Gasteiger partial charge on any atom is 0.338 e. The summed E-state index contributed by atoms with van der Waals surface area (Å²) >= 11 is 0. The fourth-order valence-corrected chi connectivity index (χ4v) is 12.0. The molecule has 1 spiro atoms. The number of carbonyl (C=O) groups is 3. The van der Waals surface area contributed by atoms with E-state index >= 15 is 0 Å². The molecule has 0 radical (unpaired) electrons. The van der Waals surface area contributed by atoms with E-state index in [-0.39, 0.29) is 31.0 Å². The summed E-state index contributed by atoms with van der Waals surface area (Å²) < 4.78 is 30.2. The second-order valence-electron chi connectivity index (χ2n) is 14.4. The molecule has 1 saturated heterocycles. The SMILES string of the molecule is COC[C@@]12CCC(O)[C@@]34[C@@H]1C(OC)[C@@H]([C@H]3N(C(C)=O)C2)[C@@]1(OC(C)=O)C(O)C(OC)[C@]2(O)C[C@]4(O)[C@@H]1C2OC(=O)c1ccccc1. The lowest BCUT2D eigenvalue weighted by molar-refractivity contribution is -0.343. The first kappa shape index (κ1) is 31.9. The van der Waals surface area contributed by atoms with Gasteiger partial charge in [0.15, 0.2) is 5.60 Å². The number of amides is 1. The third-order valence-corrected chi connectivity index (χ3v) is 12.8. The summed E-state index contributed by atoms with van der Waals surface area (Å²) in [6.07, 6.45) is -6.79. The van der Waals surface area contributed by atoms with Crippen LogP contribution in [-0.2, 0) is 33.3 Å². The van der Waals surface area contributed by atoms with E-state index in [1.165, 1.54) is 28.1 Å². The van der Waals surface area contributed by atoms with Crippen LogP contribution in [-0.4, -0.2) is 131 Å². The highest BCUT2D eigenvalue weighted by Crippen LogP contribution is 2.81. The number of esters is 2. The zero-order valence-electron chi connectivity index (χ0n) is 26.6. The summed E-state index contributed by atoms with van der Waals surface area (Å²) in [6.45, 7) is 2.94. The molecular weight excluding hydrogens is 602 g/mol. The topological polar surface area (TPSA) is 182 Å². The number of benzene rings is 1. The number of fused-ring (bicyclic) bond motifs is 2. The molecule has 0 aromatic heterocycles. The Morgan fingerprint density at radius 3 is 2.26 bits per heavy atom. The molecule has 1 aromatic rings. The maximum absolute atomic E-state index is 13.7. The number of carbonyl (C=O) groups excluding carboxylic acids is 3. The Morgan fingerprint density at radius 1 is 0.978 bits per heavy atom. The van der Waals surface area contributed by atoms with Crippen LogP contribution in [0.4, 0.5) is 0 Å². The first-order chi connectivity index (χ1) is 21.8. The lowest BCUT2D eigenvalue weighted by Crippen LogP contribution is -2.85. The number of aliphatic hydroxyl groups is 4. The van der Waals surface area contributed by atoms with Crippen molar-refractivity contribution in [2.24, 2.45) is 28.6 Å². The van der Waals surface area contributed by atoms with Crippen LogP contribution < -0.4 is 0 Å². The van der Waals surface area contributed by atoms with Crippen LogP contribution in [0, 0.1) is 28.6 Å². The molecule has 1 aliphatic heterocycles. The Balaban J connectivity index is 1.56. The molecule has 7 bridgehead atoms. The molecule has 6 fully saturated rings. The Labute approximate surface area is 266 Å². The number of hydrogen-bond acceptors (Lipinski definition) is 12. The summed E-state index contributed by atoms with van der Waals surface area (Å²) in [6, 6.07) is 7.11. The fraction of sp³-hybridized carbons (Fsp3) is 0.727. The predicted molar refractivity (Wildman–Crippen MR) is 156 cm³/mol. The van der Waals surface area contributed by atoms with Crippen LogP contribution in [0.1, 0.15) is 43.5 Å². The molecule has 1 amide bonds. The second-order valence-corrected chi connectivity index (χ2v) is 14.4. The zero-order chi connectivity index (χ0) is 33.2. The molecule has 7 rings (SSSR count). The van der Waals surface area contributed by atoms with Gasteiger partial charge in [0.2, 0.25) is 5.91 Å². The highest BCUT2D eigenvalue weighted by atomic mass is 16.6. The number of aliphatic hydroxyl groups excluding tert-OH is 2. The van der Waals surface area contributed by atoms with E-state index < -0.39 is 100 Å². The van der Waals surface area contributed by atoms with Crippen molar-refractivity contribution in [3.63, 3.8) is 0 Å². The molecular formula is C33H43NO12. The van der Waals surface area contributed by atoms with Gasteiger partial charge in [-0.25, -0.2) is 4.79 Å². The van der Waals surface area contributed by atoms with E-state index in [1.807, 2.05) is 0 Å². The molecule has 13 nitrogen and oxygen atoms in total. The number of methoxy groups -OCH3 is 3. The van der Waals surface area contributed by atoms with Gasteiger partial charge in [0.05, 0.1) is 47.4 Å². The van der Waals surface area contributed by atoms with Crippen molar-refractivity contribution in [2.45, 2.75) is 86.5 Å². The van der Waals surface area contributed by atoms with Crippen LogP contribution in [0.5, 0.6) is 0 Å². The van der Waals surface area contributed by atoms with Gasteiger partial charge in [0.25, 0.3) is 0 Å². The van der Waals surface area contributed by atoms with E-state index in [0.29, 0.717) is 6.42 Å². The minimum Gasteiger partial charge on any atom is -0.455 e. The van der Waals surface area contributed by atoms with Gasteiger partial charge in [-0.3, -0.25) is 9.59 Å². The highest BCUT2D eigenvalue weighted by molar-refractivity contribution is 5.89. The van der Waals surface area contributed by atoms with Gasteiger partial charge >= 0.3 is 11.9 Å². The number of nitrogens with zero attached hydrogens (tertiary/aromatic N) is 1. The van der Waals surface area contributed by atoms with E-state index in [4.69, 9.17) is 23.7 Å². The molecule has 1 aromatic carbocycles. The molecule has 1 heterocycles. The van der Waals surface area contributed by atoms with Gasteiger partial charge in [-0.15, -0.1) is 0 Å². The molecule has 6 aliphatic rings. The lowest BCUT2D eigenvalue weighted by atomic mass is 9.41. The number of likely N-dealkylation sites (tertiary alicyclic amines) is 1. The second kappa shape index (κ2) is 10.2. The summed E-state index contributed by atoms with van der Waals surface area (Å²) in [4.78, 5) is 42.1. The third kappa shape index (κ3) is 3.42.